The molecule has 0 bridgehead atoms. The van der Waals surface area contributed by atoms with E-state index in [1.807, 2.05) is 41.6 Å². The molecule has 0 saturated carbocycles. The van der Waals surface area contributed by atoms with Gasteiger partial charge in [0.25, 0.3) is 0 Å². The van der Waals surface area contributed by atoms with Crippen LogP contribution in [-0.4, -0.2) is 33.8 Å². The van der Waals surface area contributed by atoms with Crippen molar-refractivity contribution in [3.8, 4) is 11.5 Å². The highest BCUT2D eigenvalue weighted by Crippen LogP contribution is 2.35. The van der Waals surface area contributed by atoms with Crippen LogP contribution in [0.2, 0.25) is 0 Å². The van der Waals surface area contributed by atoms with Crippen molar-refractivity contribution >= 4 is 11.7 Å². The van der Waals surface area contributed by atoms with Crippen LogP contribution in [-0.2, 0) is 6.54 Å². The van der Waals surface area contributed by atoms with E-state index in [2.05, 4.69) is 20.9 Å². The zero-order valence-corrected chi connectivity index (χ0v) is 14.5. The van der Waals surface area contributed by atoms with Crippen LogP contribution >= 0.6 is 0 Å². The number of pyridine rings is 1. The zero-order chi connectivity index (χ0) is 18.2. The average molecular weight is 362 g/mol. The predicted octanol–water partition coefficient (Wildman–Crippen LogP) is 3.25. The van der Waals surface area contributed by atoms with E-state index in [1.165, 1.54) is 0 Å². The van der Waals surface area contributed by atoms with Gasteiger partial charge in [0.15, 0.2) is 11.5 Å². The zero-order valence-electron chi connectivity index (χ0n) is 14.5. The van der Waals surface area contributed by atoms with Gasteiger partial charge in [-0.25, -0.2) is 4.79 Å². The Bertz CT molecular complexity index is 986. The smallest absolute Gasteiger partial charge is 0.322 e. The number of carbonyl (C=O) groups is 1. The minimum Gasteiger partial charge on any atom is -0.454 e. The molecule has 1 aromatic carbocycles. The number of benzene rings is 1. The van der Waals surface area contributed by atoms with Crippen LogP contribution in [0, 0.1) is 0 Å². The van der Waals surface area contributed by atoms with Gasteiger partial charge in [-0.05, 0) is 35.9 Å². The van der Waals surface area contributed by atoms with E-state index in [1.54, 1.807) is 18.3 Å². The van der Waals surface area contributed by atoms with Gasteiger partial charge in [-0.15, -0.1) is 0 Å². The first-order valence-electron chi connectivity index (χ1n) is 8.82. The fourth-order valence-electron chi connectivity index (χ4n) is 3.66. The number of aromatic nitrogens is 2. The Hall–Kier alpha value is -3.48. The molecule has 7 heteroatoms. The first kappa shape index (κ1) is 15.7. The van der Waals surface area contributed by atoms with Crippen molar-refractivity contribution in [3.05, 3.63) is 72.3 Å². The maximum absolute atomic E-state index is 13.1. The fraction of sp³-hybridized carbons (Fsp3) is 0.200. The molecule has 1 unspecified atom stereocenters. The Balaban J connectivity index is 1.45. The number of rotatable bonds is 2. The summed E-state index contributed by atoms with van der Waals surface area (Å²) in [6.45, 7) is 1.57. The number of amides is 2. The van der Waals surface area contributed by atoms with Crippen molar-refractivity contribution in [2.45, 2.75) is 12.6 Å². The molecule has 2 amide bonds. The Morgan fingerprint density at radius 2 is 2.04 bits per heavy atom. The van der Waals surface area contributed by atoms with Crippen molar-refractivity contribution in [1.82, 2.24) is 14.5 Å². The van der Waals surface area contributed by atoms with Gasteiger partial charge in [-0.1, -0.05) is 6.07 Å². The molecule has 1 atom stereocenters. The predicted molar refractivity (Wildman–Crippen MR) is 98.8 cm³/mol. The Kier molecular flexibility index (Phi) is 3.71. The van der Waals surface area contributed by atoms with Gasteiger partial charge in [0, 0.05) is 49.1 Å². The van der Waals surface area contributed by atoms with Crippen LogP contribution < -0.4 is 14.8 Å². The van der Waals surface area contributed by atoms with Crippen molar-refractivity contribution < 1.29 is 14.3 Å². The molecule has 7 nitrogen and oxygen atoms in total. The van der Waals surface area contributed by atoms with Gasteiger partial charge in [-0.2, -0.15) is 0 Å². The van der Waals surface area contributed by atoms with Gasteiger partial charge >= 0.3 is 6.03 Å². The standard InChI is InChI=1S/C20H18N4O3/c25-20(22-15-5-6-17-18(11-15)27-13-26-17)24-10-9-23-8-2-4-16(23)19(24)14-3-1-7-21-12-14/h1-8,11-12,19H,9-10,13H2,(H,22,25). The van der Waals surface area contributed by atoms with Crippen molar-refractivity contribution in [3.63, 3.8) is 0 Å². The molecule has 0 aliphatic carbocycles. The molecule has 0 radical (unpaired) electrons. The molecule has 0 fully saturated rings. The summed E-state index contributed by atoms with van der Waals surface area (Å²) in [7, 11) is 0. The van der Waals surface area contributed by atoms with E-state index < -0.39 is 0 Å². The Labute approximate surface area is 156 Å². The topological polar surface area (TPSA) is 68.6 Å². The quantitative estimate of drug-likeness (QED) is 0.760. The molecule has 0 saturated heterocycles. The monoisotopic (exact) mass is 362 g/mol. The third-order valence-electron chi connectivity index (χ3n) is 4.92. The van der Waals surface area contributed by atoms with Crippen LogP contribution in [0.5, 0.6) is 11.5 Å². The number of anilines is 1. The molecule has 27 heavy (non-hydrogen) atoms. The Morgan fingerprint density at radius 1 is 1.11 bits per heavy atom. The number of nitrogens with one attached hydrogen (secondary N) is 1. The average Bonchev–Trinajstić information content (AvgIpc) is 3.36. The molecule has 136 valence electrons. The molecule has 2 aliphatic rings. The molecule has 2 aliphatic heterocycles. The van der Waals surface area contributed by atoms with Crippen LogP contribution in [0.15, 0.2) is 61.1 Å². The summed E-state index contributed by atoms with van der Waals surface area (Å²) in [5.41, 5.74) is 2.74. The van der Waals surface area contributed by atoms with E-state index >= 15 is 0 Å². The maximum Gasteiger partial charge on any atom is 0.322 e. The lowest BCUT2D eigenvalue weighted by Gasteiger charge is -2.37. The first-order chi connectivity index (χ1) is 13.3. The van der Waals surface area contributed by atoms with Gasteiger partial charge in [0.1, 0.15) is 6.04 Å². The lowest BCUT2D eigenvalue weighted by Crippen LogP contribution is -2.44. The molecule has 0 spiro atoms. The first-order valence-corrected chi connectivity index (χ1v) is 8.82. The summed E-state index contributed by atoms with van der Waals surface area (Å²) in [5.74, 6) is 1.33. The van der Waals surface area contributed by atoms with Crippen LogP contribution in [0.4, 0.5) is 10.5 Å². The third kappa shape index (κ3) is 2.77. The lowest BCUT2D eigenvalue weighted by atomic mass is 10.0. The van der Waals surface area contributed by atoms with E-state index in [-0.39, 0.29) is 18.9 Å². The second-order valence-corrected chi connectivity index (χ2v) is 6.51. The molecule has 5 rings (SSSR count). The molecular formula is C20H18N4O3. The SMILES string of the molecule is O=C(Nc1ccc2c(c1)OCO2)N1CCn2cccc2C1c1cccnc1. The highest BCUT2D eigenvalue weighted by molar-refractivity contribution is 5.90. The third-order valence-corrected chi connectivity index (χ3v) is 4.92. The number of carbonyl (C=O) groups excluding carboxylic acids is 1. The minimum absolute atomic E-state index is 0.157. The fourth-order valence-corrected chi connectivity index (χ4v) is 3.66. The number of fused-ring (bicyclic) bond motifs is 2. The summed E-state index contributed by atoms with van der Waals surface area (Å²) in [5, 5.41) is 2.99. The maximum atomic E-state index is 13.1. The summed E-state index contributed by atoms with van der Waals surface area (Å²) in [6, 6.07) is 13.0. The van der Waals surface area contributed by atoms with Gasteiger partial charge in [0.2, 0.25) is 6.79 Å². The van der Waals surface area contributed by atoms with E-state index in [0.29, 0.717) is 23.7 Å². The summed E-state index contributed by atoms with van der Waals surface area (Å²) in [6.07, 6.45) is 5.60. The van der Waals surface area contributed by atoms with Crippen molar-refractivity contribution in [2.75, 3.05) is 18.7 Å². The second kappa shape index (κ2) is 6.35. The summed E-state index contributed by atoms with van der Waals surface area (Å²) >= 11 is 0. The van der Waals surface area contributed by atoms with Crippen LogP contribution in [0.3, 0.4) is 0 Å². The van der Waals surface area contributed by atoms with Crippen LogP contribution in [0.1, 0.15) is 17.3 Å². The number of hydrogen-bond acceptors (Lipinski definition) is 4. The molecule has 1 N–H and O–H groups in total. The van der Waals surface area contributed by atoms with Gasteiger partial charge in [-0.3, -0.25) is 4.98 Å². The van der Waals surface area contributed by atoms with Crippen molar-refractivity contribution in [1.29, 1.82) is 0 Å². The molecular weight excluding hydrogens is 344 g/mol. The molecule has 3 aromatic rings. The highest BCUT2D eigenvalue weighted by Gasteiger charge is 2.32. The molecule has 2 aromatic heterocycles. The van der Waals surface area contributed by atoms with E-state index in [0.717, 1.165) is 17.8 Å². The van der Waals surface area contributed by atoms with Gasteiger partial charge < -0.3 is 24.3 Å². The lowest BCUT2D eigenvalue weighted by molar-refractivity contribution is 0.174. The van der Waals surface area contributed by atoms with Crippen molar-refractivity contribution in [2.24, 2.45) is 0 Å². The van der Waals surface area contributed by atoms with E-state index in [9.17, 15) is 4.79 Å². The summed E-state index contributed by atoms with van der Waals surface area (Å²) in [4.78, 5) is 19.2. The molecule has 4 heterocycles. The number of hydrogen-bond donors (Lipinski definition) is 1. The minimum atomic E-state index is -0.184. The Morgan fingerprint density at radius 3 is 2.93 bits per heavy atom. The number of nitrogens with zero attached hydrogens (tertiary/aromatic N) is 3. The summed E-state index contributed by atoms with van der Waals surface area (Å²) < 4.78 is 12.9. The number of urea groups is 1. The number of ether oxygens (including phenoxy) is 2. The highest BCUT2D eigenvalue weighted by atomic mass is 16.7. The largest absolute Gasteiger partial charge is 0.454 e. The second-order valence-electron chi connectivity index (χ2n) is 6.51. The normalized spacial score (nSPS) is 17.5. The van der Waals surface area contributed by atoms with Gasteiger partial charge in [0.05, 0.1) is 0 Å². The van der Waals surface area contributed by atoms with Crippen LogP contribution in [0.25, 0.3) is 0 Å². The van der Waals surface area contributed by atoms with E-state index in [4.69, 9.17) is 9.47 Å².